The van der Waals surface area contributed by atoms with E-state index >= 15 is 0 Å². The number of furan rings is 1. The number of rotatable bonds is 9. The Balaban J connectivity index is 1.74. The smallest absolute Gasteiger partial charge is 0.129 e. The summed E-state index contributed by atoms with van der Waals surface area (Å²) in [6.45, 7) is 6.46. The molecular formula is C16H23NO3S. The molecule has 2 aromatic heterocycles. The van der Waals surface area contributed by atoms with Gasteiger partial charge in [0.15, 0.2) is 0 Å². The number of aliphatic hydroxyl groups is 1. The third-order valence-electron chi connectivity index (χ3n) is 3.28. The molecule has 0 bridgehead atoms. The van der Waals surface area contributed by atoms with Gasteiger partial charge in [-0.05, 0) is 48.4 Å². The van der Waals surface area contributed by atoms with E-state index in [4.69, 9.17) is 9.15 Å². The van der Waals surface area contributed by atoms with Gasteiger partial charge in [0.25, 0.3) is 0 Å². The summed E-state index contributed by atoms with van der Waals surface area (Å²) >= 11 is 1.70. The Morgan fingerprint density at radius 2 is 2.24 bits per heavy atom. The Labute approximate surface area is 130 Å². The third-order valence-corrected chi connectivity index (χ3v) is 4.01. The van der Waals surface area contributed by atoms with Crippen LogP contribution in [0.3, 0.4) is 0 Å². The van der Waals surface area contributed by atoms with Crippen LogP contribution in [0.1, 0.15) is 25.2 Å². The van der Waals surface area contributed by atoms with E-state index in [2.05, 4.69) is 35.6 Å². The fraction of sp³-hybridized carbons (Fsp3) is 0.500. The van der Waals surface area contributed by atoms with E-state index in [0.717, 1.165) is 12.3 Å². The molecule has 1 N–H and O–H groups in total. The van der Waals surface area contributed by atoms with E-state index in [9.17, 15) is 5.11 Å². The monoisotopic (exact) mass is 309 g/mol. The van der Waals surface area contributed by atoms with Crippen LogP contribution in [0.2, 0.25) is 0 Å². The first kappa shape index (κ1) is 16.2. The SMILES string of the molecule is CC(C)N(Cc1ccsc1)C[C@@H](O)COCc1ccco1. The molecule has 2 aromatic rings. The summed E-state index contributed by atoms with van der Waals surface area (Å²) in [6, 6.07) is 6.20. The summed E-state index contributed by atoms with van der Waals surface area (Å²) in [6.07, 6.45) is 1.12. The third kappa shape index (κ3) is 5.63. The average Bonchev–Trinajstić information content (AvgIpc) is 3.10. The van der Waals surface area contributed by atoms with Crippen molar-refractivity contribution in [3.8, 4) is 0 Å². The number of aliphatic hydroxyl groups excluding tert-OH is 1. The minimum absolute atomic E-state index is 0.313. The molecule has 0 aliphatic heterocycles. The van der Waals surface area contributed by atoms with Crippen LogP contribution in [-0.4, -0.2) is 35.3 Å². The van der Waals surface area contributed by atoms with Crippen molar-refractivity contribution in [1.29, 1.82) is 0 Å². The van der Waals surface area contributed by atoms with Gasteiger partial charge in [0.1, 0.15) is 12.4 Å². The van der Waals surface area contributed by atoms with Crippen molar-refractivity contribution < 1.29 is 14.3 Å². The Kier molecular flexibility index (Phi) is 6.45. The molecule has 116 valence electrons. The van der Waals surface area contributed by atoms with Crippen molar-refractivity contribution in [2.75, 3.05) is 13.2 Å². The number of nitrogens with zero attached hydrogens (tertiary/aromatic N) is 1. The summed E-state index contributed by atoms with van der Waals surface area (Å²) in [5.41, 5.74) is 1.29. The van der Waals surface area contributed by atoms with Gasteiger partial charge in [0.2, 0.25) is 0 Å². The zero-order valence-corrected chi connectivity index (χ0v) is 13.4. The van der Waals surface area contributed by atoms with Crippen LogP contribution >= 0.6 is 11.3 Å². The minimum atomic E-state index is -0.499. The minimum Gasteiger partial charge on any atom is -0.467 e. The molecule has 4 nitrogen and oxygen atoms in total. The normalized spacial score (nSPS) is 13.2. The maximum Gasteiger partial charge on any atom is 0.129 e. The highest BCUT2D eigenvalue weighted by Crippen LogP contribution is 2.12. The van der Waals surface area contributed by atoms with Crippen molar-refractivity contribution in [2.24, 2.45) is 0 Å². The van der Waals surface area contributed by atoms with E-state index in [1.54, 1.807) is 17.6 Å². The second-order valence-corrected chi connectivity index (χ2v) is 6.18. The molecule has 0 amide bonds. The van der Waals surface area contributed by atoms with Crippen molar-refractivity contribution >= 4 is 11.3 Å². The van der Waals surface area contributed by atoms with Crippen LogP contribution in [0.4, 0.5) is 0 Å². The van der Waals surface area contributed by atoms with Gasteiger partial charge in [-0.25, -0.2) is 0 Å². The van der Waals surface area contributed by atoms with Gasteiger partial charge < -0.3 is 14.3 Å². The predicted molar refractivity (Wildman–Crippen MR) is 84.2 cm³/mol. The fourth-order valence-electron chi connectivity index (χ4n) is 2.09. The van der Waals surface area contributed by atoms with E-state index in [0.29, 0.717) is 25.8 Å². The molecule has 0 aromatic carbocycles. The van der Waals surface area contributed by atoms with E-state index in [-0.39, 0.29) is 0 Å². The quantitative estimate of drug-likeness (QED) is 0.773. The van der Waals surface area contributed by atoms with Crippen molar-refractivity contribution in [3.05, 3.63) is 46.5 Å². The number of hydrogen-bond donors (Lipinski definition) is 1. The molecule has 0 spiro atoms. The predicted octanol–water partition coefficient (Wildman–Crippen LogP) is 3.13. The molecule has 2 rings (SSSR count). The fourth-order valence-corrected chi connectivity index (χ4v) is 2.75. The summed E-state index contributed by atoms with van der Waals surface area (Å²) in [5, 5.41) is 14.4. The van der Waals surface area contributed by atoms with Gasteiger partial charge in [0, 0.05) is 19.1 Å². The number of thiophene rings is 1. The molecule has 0 saturated carbocycles. The first-order valence-electron chi connectivity index (χ1n) is 7.18. The molecular weight excluding hydrogens is 286 g/mol. The van der Waals surface area contributed by atoms with E-state index in [1.165, 1.54) is 5.56 Å². The molecule has 1 atom stereocenters. The lowest BCUT2D eigenvalue weighted by Crippen LogP contribution is -2.38. The van der Waals surface area contributed by atoms with E-state index in [1.807, 2.05) is 12.1 Å². The molecule has 0 unspecified atom stereocenters. The lowest BCUT2D eigenvalue weighted by atomic mass is 10.2. The summed E-state index contributed by atoms with van der Waals surface area (Å²) in [5.74, 6) is 0.779. The number of hydrogen-bond acceptors (Lipinski definition) is 5. The standard InChI is InChI=1S/C16H23NO3S/c1-13(2)17(8-14-5-7-21-12-14)9-15(18)10-19-11-16-4-3-6-20-16/h3-7,12-13,15,18H,8-11H2,1-2H3/t15-/m1/s1. The highest BCUT2D eigenvalue weighted by Gasteiger charge is 2.15. The van der Waals surface area contributed by atoms with Gasteiger partial charge in [-0.1, -0.05) is 0 Å². The van der Waals surface area contributed by atoms with Crippen molar-refractivity contribution in [3.63, 3.8) is 0 Å². The van der Waals surface area contributed by atoms with Crippen LogP contribution in [0.15, 0.2) is 39.6 Å². The summed E-state index contributed by atoms with van der Waals surface area (Å²) in [4.78, 5) is 2.25. The second kappa shape index (κ2) is 8.34. The Bertz CT molecular complexity index is 482. The zero-order valence-electron chi connectivity index (χ0n) is 12.6. The van der Waals surface area contributed by atoms with Crippen LogP contribution in [-0.2, 0) is 17.9 Å². The van der Waals surface area contributed by atoms with E-state index < -0.39 is 6.10 Å². The highest BCUT2D eigenvalue weighted by molar-refractivity contribution is 7.07. The maximum atomic E-state index is 10.1. The van der Waals surface area contributed by atoms with Gasteiger partial charge in [-0.2, -0.15) is 11.3 Å². The summed E-state index contributed by atoms with van der Waals surface area (Å²) < 4.78 is 10.7. The largest absolute Gasteiger partial charge is 0.467 e. The molecule has 5 heteroatoms. The van der Waals surface area contributed by atoms with Crippen molar-refractivity contribution in [1.82, 2.24) is 4.90 Å². The first-order valence-corrected chi connectivity index (χ1v) is 8.12. The van der Waals surface area contributed by atoms with Crippen molar-refractivity contribution in [2.45, 2.75) is 39.1 Å². The molecule has 0 radical (unpaired) electrons. The van der Waals surface area contributed by atoms with Gasteiger partial charge in [-0.3, -0.25) is 4.90 Å². The van der Waals surface area contributed by atoms with Gasteiger partial charge >= 0.3 is 0 Å². The topological polar surface area (TPSA) is 45.8 Å². The Hall–Kier alpha value is -1.14. The lowest BCUT2D eigenvalue weighted by Gasteiger charge is -2.28. The molecule has 0 saturated heterocycles. The van der Waals surface area contributed by atoms with Gasteiger partial charge in [-0.15, -0.1) is 0 Å². The molecule has 0 aliphatic carbocycles. The highest BCUT2D eigenvalue weighted by atomic mass is 32.1. The Morgan fingerprint density at radius 3 is 2.86 bits per heavy atom. The first-order chi connectivity index (χ1) is 10.1. The zero-order chi connectivity index (χ0) is 15.1. The lowest BCUT2D eigenvalue weighted by molar-refractivity contribution is -0.00113. The number of ether oxygens (including phenoxy) is 1. The molecule has 2 heterocycles. The Morgan fingerprint density at radius 1 is 1.38 bits per heavy atom. The van der Waals surface area contributed by atoms with Crippen LogP contribution in [0.5, 0.6) is 0 Å². The average molecular weight is 309 g/mol. The van der Waals surface area contributed by atoms with Gasteiger partial charge in [0.05, 0.1) is 19.0 Å². The van der Waals surface area contributed by atoms with Crippen LogP contribution < -0.4 is 0 Å². The second-order valence-electron chi connectivity index (χ2n) is 5.40. The van der Waals surface area contributed by atoms with Crippen LogP contribution in [0, 0.1) is 0 Å². The molecule has 0 aliphatic rings. The molecule has 21 heavy (non-hydrogen) atoms. The van der Waals surface area contributed by atoms with Crippen LogP contribution in [0.25, 0.3) is 0 Å². The maximum absolute atomic E-state index is 10.1. The molecule has 0 fully saturated rings. The summed E-state index contributed by atoms with van der Waals surface area (Å²) in [7, 11) is 0.